The first-order valence-corrected chi connectivity index (χ1v) is 9.84. The molecule has 1 aliphatic rings. The molecule has 2 aromatic heterocycles. The first-order chi connectivity index (χ1) is 13.0. The second-order valence-corrected chi connectivity index (χ2v) is 7.28. The van der Waals surface area contributed by atoms with E-state index < -0.39 is 5.97 Å². The van der Waals surface area contributed by atoms with E-state index in [0.29, 0.717) is 38.0 Å². The summed E-state index contributed by atoms with van der Waals surface area (Å²) in [5.41, 5.74) is 0.830. The van der Waals surface area contributed by atoms with Crippen molar-refractivity contribution >= 4 is 29.1 Å². The van der Waals surface area contributed by atoms with Crippen LogP contribution in [0.4, 0.5) is 0 Å². The van der Waals surface area contributed by atoms with E-state index in [0.717, 1.165) is 12.8 Å². The topological polar surface area (TPSA) is 105 Å². The van der Waals surface area contributed by atoms with E-state index in [9.17, 15) is 14.4 Å². The van der Waals surface area contributed by atoms with Crippen LogP contribution in [-0.2, 0) is 4.79 Å². The molecule has 0 aliphatic carbocycles. The van der Waals surface area contributed by atoms with Crippen LogP contribution < -0.4 is 5.32 Å². The minimum atomic E-state index is -0.986. The first kappa shape index (κ1) is 19.1. The molecular weight excluding hydrogens is 368 g/mol. The van der Waals surface area contributed by atoms with E-state index in [-0.39, 0.29) is 23.4 Å². The summed E-state index contributed by atoms with van der Waals surface area (Å²) in [7, 11) is 0. The average molecular weight is 390 g/mol. The minimum absolute atomic E-state index is 0.0879. The zero-order chi connectivity index (χ0) is 19.2. The fourth-order valence-corrected chi connectivity index (χ4v) is 3.76. The summed E-state index contributed by atoms with van der Waals surface area (Å²) < 4.78 is 1.69. The third-order valence-corrected chi connectivity index (χ3v) is 5.36. The number of nitrogens with zero attached hydrogens (tertiary/aromatic N) is 3. The standard InChI is InChI=1S/C18H22N4O4S/c23-16(2-1-6-19-17(24)13-5-9-27-12-13)21-7-3-15(4-8-21)22-11-14(10-20-22)18(25)26/h5,9-12,15H,1-4,6-8H2,(H,19,24)(H,25,26). The zero-order valence-electron chi connectivity index (χ0n) is 14.8. The number of piperidine rings is 1. The molecule has 0 aromatic carbocycles. The molecule has 1 fully saturated rings. The van der Waals surface area contributed by atoms with Crippen molar-refractivity contribution < 1.29 is 19.5 Å². The van der Waals surface area contributed by atoms with Gasteiger partial charge in [0.05, 0.1) is 17.8 Å². The second kappa shape index (κ2) is 8.81. The third-order valence-electron chi connectivity index (χ3n) is 4.68. The number of carbonyl (C=O) groups is 3. The monoisotopic (exact) mass is 390 g/mol. The molecule has 0 unspecified atom stereocenters. The van der Waals surface area contributed by atoms with Gasteiger partial charge in [-0.05, 0) is 30.7 Å². The zero-order valence-corrected chi connectivity index (χ0v) is 15.7. The number of carboxylic acids is 1. The van der Waals surface area contributed by atoms with Crippen LogP contribution >= 0.6 is 11.3 Å². The summed E-state index contributed by atoms with van der Waals surface area (Å²) in [5.74, 6) is -1.01. The normalized spacial score (nSPS) is 14.9. The lowest BCUT2D eigenvalue weighted by Crippen LogP contribution is -2.39. The van der Waals surface area contributed by atoms with Crippen molar-refractivity contribution in [3.63, 3.8) is 0 Å². The van der Waals surface area contributed by atoms with Crippen LogP contribution in [0.5, 0.6) is 0 Å². The van der Waals surface area contributed by atoms with Crippen molar-refractivity contribution in [3.8, 4) is 0 Å². The molecule has 3 heterocycles. The molecule has 1 aliphatic heterocycles. The Morgan fingerprint density at radius 2 is 2.04 bits per heavy atom. The summed E-state index contributed by atoms with van der Waals surface area (Å²) >= 11 is 1.48. The maximum absolute atomic E-state index is 12.3. The van der Waals surface area contributed by atoms with Gasteiger partial charge in [-0.1, -0.05) is 0 Å². The van der Waals surface area contributed by atoms with Gasteiger partial charge < -0.3 is 15.3 Å². The maximum atomic E-state index is 12.3. The number of carboxylic acid groups (broad SMARTS) is 1. The molecule has 0 spiro atoms. The van der Waals surface area contributed by atoms with Crippen LogP contribution in [0.3, 0.4) is 0 Å². The Labute approximate surface area is 160 Å². The highest BCUT2D eigenvalue weighted by molar-refractivity contribution is 7.08. The lowest BCUT2D eigenvalue weighted by molar-refractivity contribution is -0.132. The minimum Gasteiger partial charge on any atom is -0.478 e. The van der Waals surface area contributed by atoms with E-state index >= 15 is 0 Å². The maximum Gasteiger partial charge on any atom is 0.338 e. The van der Waals surface area contributed by atoms with E-state index in [2.05, 4.69) is 10.4 Å². The van der Waals surface area contributed by atoms with Crippen molar-refractivity contribution in [1.82, 2.24) is 20.0 Å². The van der Waals surface area contributed by atoms with E-state index in [1.165, 1.54) is 17.5 Å². The Hall–Kier alpha value is -2.68. The van der Waals surface area contributed by atoms with Crippen LogP contribution in [0.2, 0.25) is 0 Å². The molecule has 2 aromatic rings. The molecule has 0 saturated carbocycles. The third kappa shape index (κ3) is 4.94. The average Bonchev–Trinajstić information content (AvgIpc) is 3.37. The summed E-state index contributed by atoms with van der Waals surface area (Å²) in [4.78, 5) is 36.9. The van der Waals surface area contributed by atoms with Gasteiger partial charge in [0.1, 0.15) is 0 Å². The molecule has 2 amide bonds. The molecule has 2 N–H and O–H groups in total. The molecule has 144 valence electrons. The van der Waals surface area contributed by atoms with E-state index in [4.69, 9.17) is 5.11 Å². The van der Waals surface area contributed by atoms with Gasteiger partial charge >= 0.3 is 5.97 Å². The number of aromatic nitrogens is 2. The summed E-state index contributed by atoms with van der Waals surface area (Å²) in [6.07, 6.45) is 5.41. The van der Waals surface area contributed by atoms with Crippen LogP contribution in [-0.4, -0.2) is 57.2 Å². The number of hydrogen-bond acceptors (Lipinski definition) is 5. The van der Waals surface area contributed by atoms with Gasteiger partial charge in [0.15, 0.2) is 0 Å². The number of aromatic carboxylic acids is 1. The number of rotatable bonds is 7. The SMILES string of the molecule is O=C(O)c1cnn(C2CCN(C(=O)CCCNC(=O)c3ccsc3)CC2)c1. The van der Waals surface area contributed by atoms with Crippen molar-refractivity contribution in [2.24, 2.45) is 0 Å². The number of nitrogens with one attached hydrogen (secondary N) is 1. The first-order valence-electron chi connectivity index (χ1n) is 8.90. The number of thiophene rings is 1. The van der Waals surface area contributed by atoms with Crippen LogP contribution in [0.25, 0.3) is 0 Å². The van der Waals surface area contributed by atoms with Crippen molar-refractivity contribution in [2.75, 3.05) is 19.6 Å². The Morgan fingerprint density at radius 3 is 2.67 bits per heavy atom. The number of amides is 2. The van der Waals surface area contributed by atoms with Gasteiger partial charge in [0.25, 0.3) is 5.91 Å². The summed E-state index contributed by atoms with van der Waals surface area (Å²) in [6, 6.07) is 1.89. The highest BCUT2D eigenvalue weighted by atomic mass is 32.1. The summed E-state index contributed by atoms with van der Waals surface area (Å²) in [6.45, 7) is 1.74. The quantitative estimate of drug-likeness (QED) is 0.704. The van der Waals surface area contributed by atoms with Gasteiger partial charge in [-0.3, -0.25) is 14.3 Å². The molecule has 8 nitrogen and oxygen atoms in total. The lowest BCUT2D eigenvalue weighted by Gasteiger charge is -2.32. The van der Waals surface area contributed by atoms with Crippen LogP contribution in [0.15, 0.2) is 29.2 Å². The highest BCUT2D eigenvalue weighted by Gasteiger charge is 2.24. The molecule has 0 atom stereocenters. The Balaban J connectivity index is 1.37. The largest absolute Gasteiger partial charge is 0.478 e. The molecule has 1 saturated heterocycles. The predicted octanol–water partition coefficient (Wildman–Crippen LogP) is 2.02. The lowest BCUT2D eigenvalue weighted by atomic mass is 10.0. The van der Waals surface area contributed by atoms with Gasteiger partial charge in [-0.15, -0.1) is 0 Å². The fourth-order valence-electron chi connectivity index (χ4n) is 3.12. The highest BCUT2D eigenvalue weighted by Crippen LogP contribution is 2.22. The predicted molar refractivity (Wildman–Crippen MR) is 99.9 cm³/mol. The van der Waals surface area contributed by atoms with Crippen LogP contribution in [0.1, 0.15) is 52.4 Å². The van der Waals surface area contributed by atoms with E-state index in [1.54, 1.807) is 22.3 Å². The fraction of sp³-hybridized carbons (Fsp3) is 0.444. The molecular formula is C18H22N4O4S. The second-order valence-electron chi connectivity index (χ2n) is 6.50. The van der Waals surface area contributed by atoms with Crippen molar-refractivity contribution in [2.45, 2.75) is 31.7 Å². The van der Waals surface area contributed by atoms with Gasteiger partial charge in [0.2, 0.25) is 5.91 Å². The van der Waals surface area contributed by atoms with E-state index in [1.807, 2.05) is 10.3 Å². The van der Waals surface area contributed by atoms with Crippen molar-refractivity contribution in [1.29, 1.82) is 0 Å². The number of likely N-dealkylation sites (tertiary alicyclic amines) is 1. The Bertz CT molecular complexity index is 794. The smallest absolute Gasteiger partial charge is 0.338 e. The molecule has 9 heteroatoms. The molecule has 3 rings (SSSR count). The number of hydrogen-bond donors (Lipinski definition) is 2. The Kier molecular flexibility index (Phi) is 6.23. The van der Waals surface area contributed by atoms with Crippen molar-refractivity contribution in [3.05, 3.63) is 40.3 Å². The molecule has 0 bridgehead atoms. The van der Waals surface area contributed by atoms with Gasteiger partial charge in [-0.25, -0.2) is 4.79 Å². The summed E-state index contributed by atoms with van der Waals surface area (Å²) in [5, 5.41) is 19.6. The van der Waals surface area contributed by atoms with Gasteiger partial charge in [-0.2, -0.15) is 16.4 Å². The number of carbonyl (C=O) groups excluding carboxylic acids is 2. The van der Waals surface area contributed by atoms with Crippen LogP contribution in [0, 0.1) is 0 Å². The molecule has 0 radical (unpaired) electrons. The molecule has 27 heavy (non-hydrogen) atoms. The Morgan fingerprint density at radius 1 is 1.26 bits per heavy atom. The van der Waals surface area contributed by atoms with Gasteiger partial charge in [0, 0.05) is 43.2 Å².